The number of fused-ring (bicyclic) bond motifs is 1. The maximum absolute atomic E-state index is 10.5. The molecule has 0 fully saturated rings. The van der Waals surface area contributed by atoms with Crippen LogP contribution in [0.15, 0.2) is 32.7 Å². The maximum Gasteiger partial charge on any atom is 0.0966 e. The average molecular weight is 389 g/mol. The fraction of sp³-hybridized carbons (Fsp3) is 0.308. The SMILES string of the molecule is OC(c1cc(Br)c(Br)s1)C1CCc2cccnc21. The summed E-state index contributed by atoms with van der Waals surface area (Å²) in [6.45, 7) is 0. The number of hydrogen-bond acceptors (Lipinski definition) is 3. The summed E-state index contributed by atoms with van der Waals surface area (Å²) >= 11 is 8.51. The van der Waals surface area contributed by atoms with E-state index in [0.717, 1.165) is 31.7 Å². The van der Waals surface area contributed by atoms with Crippen molar-refractivity contribution in [2.45, 2.75) is 24.9 Å². The molecule has 0 bridgehead atoms. The van der Waals surface area contributed by atoms with Gasteiger partial charge in [-0.2, -0.15) is 0 Å². The fourth-order valence-corrected chi connectivity index (χ4v) is 4.60. The molecule has 2 nitrogen and oxygen atoms in total. The first-order chi connectivity index (χ1) is 8.66. The van der Waals surface area contributed by atoms with Crippen molar-refractivity contribution in [1.29, 1.82) is 0 Å². The predicted octanol–water partition coefficient (Wildman–Crippen LogP) is 4.43. The third kappa shape index (κ3) is 2.18. The number of aromatic nitrogens is 1. The summed E-state index contributed by atoms with van der Waals surface area (Å²) in [4.78, 5) is 5.42. The molecule has 1 N–H and O–H groups in total. The van der Waals surface area contributed by atoms with Crippen molar-refractivity contribution < 1.29 is 5.11 Å². The zero-order chi connectivity index (χ0) is 12.7. The van der Waals surface area contributed by atoms with Gasteiger partial charge in [-0.15, -0.1) is 11.3 Å². The van der Waals surface area contributed by atoms with Gasteiger partial charge in [0.1, 0.15) is 0 Å². The topological polar surface area (TPSA) is 33.1 Å². The number of halogens is 2. The molecule has 0 radical (unpaired) electrons. The number of rotatable bonds is 2. The van der Waals surface area contributed by atoms with Gasteiger partial charge in [-0.3, -0.25) is 4.98 Å². The van der Waals surface area contributed by atoms with Gasteiger partial charge in [0.15, 0.2) is 0 Å². The molecule has 94 valence electrons. The molecule has 0 spiro atoms. The molecule has 0 amide bonds. The van der Waals surface area contributed by atoms with E-state index in [9.17, 15) is 5.11 Å². The largest absolute Gasteiger partial charge is 0.387 e. The molecule has 2 atom stereocenters. The summed E-state index contributed by atoms with van der Waals surface area (Å²) in [5.41, 5.74) is 2.34. The Morgan fingerprint density at radius 2 is 2.28 bits per heavy atom. The van der Waals surface area contributed by atoms with E-state index >= 15 is 0 Å². The second-order valence-corrected chi connectivity index (χ2v) is 7.66. The van der Waals surface area contributed by atoms with Crippen LogP contribution >= 0.6 is 43.2 Å². The van der Waals surface area contributed by atoms with Crippen molar-refractivity contribution in [3.05, 3.63) is 48.8 Å². The lowest BCUT2D eigenvalue weighted by molar-refractivity contribution is 0.147. The van der Waals surface area contributed by atoms with Crippen LogP contribution in [0.1, 0.15) is 34.6 Å². The monoisotopic (exact) mass is 387 g/mol. The Bertz CT molecular complexity index is 565. The van der Waals surface area contributed by atoms with Gasteiger partial charge in [0, 0.05) is 27.2 Å². The van der Waals surface area contributed by atoms with Crippen LogP contribution in [-0.2, 0) is 6.42 Å². The summed E-state index contributed by atoms with van der Waals surface area (Å²) in [6, 6.07) is 6.06. The van der Waals surface area contributed by atoms with E-state index in [-0.39, 0.29) is 5.92 Å². The highest BCUT2D eigenvalue weighted by molar-refractivity contribution is 9.13. The molecule has 18 heavy (non-hydrogen) atoms. The molecule has 0 aliphatic heterocycles. The minimum atomic E-state index is -0.464. The number of aryl methyl sites for hydroxylation is 1. The first-order valence-electron chi connectivity index (χ1n) is 5.73. The molecule has 2 aromatic rings. The molecule has 5 heteroatoms. The van der Waals surface area contributed by atoms with Gasteiger partial charge < -0.3 is 5.11 Å². The molecule has 2 aromatic heterocycles. The van der Waals surface area contributed by atoms with Crippen LogP contribution in [0.4, 0.5) is 0 Å². The molecule has 2 unspecified atom stereocenters. The maximum atomic E-state index is 10.5. The molecule has 3 rings (SSSR count). The third-order valence-corrected chi connectivity index (χ3v) is 6.67. The second kappa shape index (κ2) is 5.04. The Kier molecular flexibility index (Phi) is 3.58. The molecular weight excluding hydrogens is 378 g/mol. The first-order valence-corrected chi connectivity index (χ1v) is 8.13. The fourth-order valence-electron chi connectivity index (χ4n) is 2.46. The number of aliphatic hydroxyl groups excluding tert-OH is 1. The summed E-state index contributed by atoms with van der Waals surface area (Å²) in [5, 5.41) is 10.5. The Morgan fingerprint density at radius 3 is 3.00 bits per heavy atom. The minimum Gasteiger partial charge on any atom is -0.387 e. The Labute approximate surface area is 126 Å². The zero-order valence-electron chi connectivity index (χ0n) is 9.44. The zero-order valence-corrected chi connectivity index (χ0v) is 13.4. The lowest BCUT2D eigenvalue weighted by atomic mass is 9.98. The van der Waals surface area contributed by atoms with Crippen molar-refractivity contribution >= 4 is 43.2 Å². The van der Waals surface area contributed by atoms with Crippen LogP contribution in [0, 0.1) is 0 Å². The highest BCUT2D eigenvalue weighted by Crippen LogP contribution is 2.44. The smallest absolute Gasteiger partial charge is 0.0966 e. The van der Waals surface area contributed by atoms with Gasteiger partial charge in [-0.1, -0.05) is 6.07 Å². The normalized spacial score (nSPS) is 19.8. The van der Waals surface area contributed by atoms with Gasteiger partial charge in [0.2, 0.25) is 0 Å². The molecular formula is C13H11Br2NOS. The highest BCUT2D eigenvalue weighted by atomic mass is 79.9. The number of nitrogens with zero attached hydrogens (tertiary/aromatic N) is 1. The molecule has 0 saturated carbocycles. The van der Waals surface area contributed by atoms with Crippen LogP contribution in [0.25, 0.3) is 0 Å². The van der Waals surface area contributed by atoms with E-state index in [1.165, 1.54) is 5.56 Å². The van der Waals surface area contributed by atoms with Crippen LogP contribution in [0.5, 0.6) is 0 Å². The summed E-state index contributed by atoms with van der Waals surface area (Å²) in [6.07, 6.45) is 3.33. The Balaban J connectivity index is 1.92. The lowest BCUT2D eigenvalue weighted by Gasteiger charge is -2.16. The van der Waals surface area contributed by atoms with E-state index in [4.69, 9.17) is 0 Å². The summed E-state index contributed by atoms with van der Waals surface area (Å²) in [7, 11) is 0. The second-order valence-electron chi connectivity index (χ2n) is 4.41. The van der Waals surface area contributed by atoms with Crippen LogP contribution < -0.4 is 0 Å². The van der Waals surface area contributed by atoms with Crippen molar-refractivity contribution in [2.75, 3.05) is 0 Å². The number of pyridine rings is 1. The van der Waals surface area contributed by atoms with Gasteiger partial charge in [0.25, 0.3) is 0 Å². The molecule has 0 aromatic carbocycles. The molecule has 0 saturated heterocycles. The summed E-state index contributed by atoms with van der Waals surface area (Å²) in [5.74, 6) is 0.124. The van der Waals surface area contributed by atoms with Gasteiger partial charge >= 0.3 is 0 Å². The van der Waals surface area contributed by atoms with Gasteiger partial charge in [0.05, 0.1) is 9.89 Å². The number of thiophene rings is 1. The molecule has 1 aliphatic carbocycles. The van der Waals surface area contributed by atoms with Crippen molar-refractivity contribution in [3.8, 4) is 0 Å². The van der Waals surface area contributed by atoms with Gasteiger partial charge in [-0.05, 0) is 62.4 Å². The van der Waals surface area contributed by atoms with E-state index in [0.29, 0.717) is 0 Å². The first kappa shape index (κ1) is 12.8. The van der Waals surface area contributed by atoms with Crippen molar-refractivity contribution in [3.63, 3.8) is 0 Å². The van der Waals surface area contributed by atoms with Crippen LogP contribution in [0.2, 0.25) is 0 Å². The molecule has 2 heterocycles. The lowest BCUT2D eigenvalue weighted by Crippen LogP contribution is -2.07. The van der Waals surface area contributed by atoms with Crippen molar-refractivity contribution in [2.24, 2.45) is 0 Å². The van der Waals surface area contributed by atoms with E-state index in [1.54, 1.807) is 11.3 Å². The van der Waals surface area contributed by atoms with Crippen molar-refractivity contribution in [1.82, 2.24) is 4.98 Å². The third-order valence-electron chi connectivity index (χ3n) is 3.34. The number of hydrogen-bond donors (Lipinski definition) is 1. The van der Waals surface area contributed by atoms with Crippen LogP contribution in [0.3, 0.4) is 0 Å². The van der Waals surface area contributed by atoms with Gasteiger partial charge in [-0.25, -0.2) is 0 Å². The number of aliphatic hydroxyl groups is 1. The quantitative estimate of drug-likeness (QED) is 0.825. The molecule has 1 aliphatic rings. The summed E-state index contributed by atoms with van der Waals surface area (Å²) < 4.78 is 2.02. The van der Waals surface area contributed by atoms with Crippen LogP contribution in [-0.4, -0.2) is 10.1 Å². The Hall–Kier alpha value is -0.230. The standard InChI is InChI=1S/C13H11Br2NOS/c14-9-6-10(18-13(9)15)12(17)8-4-3-7-2-1-5-16-11(7)8/h1-2,5-6,8,12,17H,3-4H2. The van der Waals surface area contributed by atoms with E-state index in [1.807, 2.05) is 18.3 Å². The minimum absolute atomic E-state index is 0.124. The van der Waals surface area contributed by atoms with E-state index < -0.39 is 6.10 Å². The highest BCUT2D eigenvalue weighted by Gasteiger charge is 2.31. The predicted molar refractivity (Wildman–Crippen MR) is 80.0 cm³/mol. The average Bonchev–Trinajstić information content (AvgIpc) is 2.93. The Morgan fingerprint density at radius 1 is 1.44 bits per heavy atom. The van der Waals surface area contributed by atoms with E-state index in [2.05, 4.69) is 42.9 Å².